The summed E-state index contributed by atoms with van der Waals surface area (Å²) < 4.78 is 28.3. The van der Waals surface area contributed by atoms with Crippen molar-refractivity contribution in [3.05, 3.63) is 29.8 Å². The predicted molar refractivity (Wildman–Crippen MR) is 69.2 cm³/mol. The van der Waals surface area contributed by atoms with Gasteiger partial charge in [-0.2, -0.15) is 8.78 Å². The first kappa shape index (κ1) is 15.8. The average Bonchev–Trinajstić information content (AvgIpc) is 2.37. The normalized spacial score (nSPS) is 14.4. The molecule has 0 aliphatic rings. The predicted octanol–water partition coefficient (Wildman–Crippen LogP) is 1.65. The topological polar surface area (TPSA) is 67.5 Å². The molecule has 0 aliphatic heterocycles. The van der Waals surface area contributed by atoms with E-state index in [4.69, 9.17) is 10.8 Å². The number of aliphatic hydroxyl groups excluding tert-OH is 1. The molecule has 0 bridgehead atoms. The standard InChI is InChI=1S/C13H20F2N2O2/c1-9(6-7-18)17-12(8-16)10-2-4-11(5-3-10)19-13(14)15/h2-5,9,12-13,17-18H,6-8,16H2,1H3. The monoisotopic (exact) mass is 274 g/mol. The number of benzene rings is 1. The first-order valence-corrected chi connectivity index (χ1v) is 6.18. The molecular weight excluding hydrogens is 254 g/mol. The molecule has 0 spiro atoms. The van der Waals surface area contributed by atoms with E-state index >= 15 is 0 Å². The lowest BCUT2D eigenvalue weighted by Crippen LogP contribution is -2.35. The highest BCUT2D eigenvalue weighted by atomic mass is 19.3. The third kappa shape index (κ3) is 5.50. The summed E-state index contributed by atoms with van der Waals surface area (Å²) in [5.41, 5.74) is 6.59. The Morgan fingerprint density at radius 3 is 2.42 bits per heavy atom. The fourth-order valence-corrected chi connectivity index (χ4v) is 1.80. The SMILES string of the molecule is CC(CCO)NC(CN)c1ccc(OC(F)F)cc1. The molecule has 0 amide bonds. The molecule has 4 N–H and O–H groups in total. The molecule has 2 atom stereocenters. The molecule has 2 unspecified atom stereocenters. The minimum atomic E-state index is -2.82. The average molecular weight is 274 g/mol. The summed E-state index contributed by atoms with van der Waals surface area (Å²) >= 11 is 0. The zero-order valence-electron chi connectivity index (χ0n) is 10.9. The largest absolute Gasteiger partial charge is 0.435 e. The zero-order chi connectivity index (χ0) is 14.3. The first-order valence-electron chi connectivity index (χ1n) is 6.18. The number of nitrogens with two attached hydrogens (primary N) is 1. The van der Waals surface area contributed by atoms with E-state index in [0.717, 1.165) is 5.56 Å². The Labute approximate surface area is 111 Å². The van der Waals surface area contributed by atoms with Crippen molar-refractivity contribution in [2.24, 2.45) is 5.73 Å². The van der Waals surface area contributed by atoms with Crippen LogP contribution < -0.4 is 15.8 Å². The zero-order valence-corrected chi connectivity index (χ0v) is 10.9. The van der Waals surface area contributed by atoms with Crippen molar-refractivity contribution < 1.29 is 18.6 Å². The van der Waals surface area contributed by atoms with E-state index in [1.165, 1.54) is 12.1 Å². The molecule has 0 heterocycles. The lowest BCUT2D eigenvalue weighted by atomic mass is 10.1. The van der Waals surface area contributed by atoms with Gasteiger partial charge in [-0.15, -0.1) is 0 Å². The van der Waals surface area contributed by atoms with E-state index in [-0.39, 0.29) is 24.4 Å². The van der Waals surface area contributed by atoms with Crippen molar-refractivity contribution in [2.45, 2.75) is 32.0 Å². The Morgan fingerprint density at radius 1 is 1.32 bits per heavy atom. The second kappa shape index (κ2) is 8.04. The number of hydrogen-bond acceptors (Lipinski definition) is 4. The summed E-state index contributed by atoms with van der Waals surface area (Å²) in [5, 5.41) is 12.1. The number of ether oxygens (including phenoxy) is 1. The summed E-state index contributed by atoms with van der Waals surface area (Å²) in [6.07, 6.45) is 0.628. The summed E-state index contributed by atoms with van der Waals surface area (Å²) in [6.45, 7) is -0.385. The molecule has 19 heavy (non-hydrogen) atoms. The number of halogens is 2. The van der Waals surface area contributed by atoms with Gasteiger partial charge in [-0.05, 0) is 31.0 Å². The fraction of sp³-hybridized carbons (Fsp3) is 0.538. The minimum Gasteiger partial charge on any atom is -0.435 e. The van der Waals surface area contributed by atoms with Crippen molar-refractivity contribution in [1.82, 2.24) is 5.32 Å². The Morgan fingerprint density at radius 2 is 1.95 bits per heavy atom. The van der Waals surface area contributed by atoms with Crippen LogP contribution in [0.2, 0.25) is 0 Å². The number of hydrogen-bond donors (Lipinski definition) is 3. The second-order valence-electron chi connectivity index (χ2n) is 4.32. The van der Waals surface area contributed by atoms with E-state index in [2.05, 4.69) is 10.1 Å². The molecule has 0 saturated heterocycles. The highest BCUT2D eigenvalue weighted by molar-refractivity contribution is 5.29. The van der Waals surface area contributed by atoms with Gasteiger partial charge in [0.05, 0.1) is 0 Å². The van der Waals surface area contributed by atoms with E-state index in [1.54, 1.807) is 12.1 Å². The smallest absolute Gasteiger partial charge is 0.387 e. The summed E-state index contributed by atoms with van der Waals surface area (Å²) in [4.78, 5) is 0. The molecule has 6 heteroatoms. The molecular formula is C13H20F2N2O2. The Bertz CT molecular complexity index is 360. The molecule has 4 nitrogen and oxygen atoms in total. The maximum Gasteiger partial charge on any atom is 0.387 e. The highest BCUT2D eigenvalue weighted by Gasteiger charge is 2.13. The number of alkyl halides is 2. The van der Waals surface area contributed by atoms with Gasteiger partial charge in [0.2, 0.25) is 0 Å². The van der Waals surface area contributed by atoms with Crippen molar-refractivity contribution in [1.29, 1.82) is 0 Å². The van der Waals surface area contributed by atoms with Crippen LogP contribution in [-0.4, -0.2) is 30.9 Å². The molecule has 0 radical (unpaired) electrons. The van der Waals surface area contributed by atoms with Gasteiger partial charge in [-0.3, -0.25) is 0 Å². The maximum absolute atomic E-state index is 12.0. The Balaban J connectivity index is 2.65. The minimum absolute atomic E-state index is 0.0813. The molecule has 0 aliphatic carbocycles. The second-order valence-corrected chi connectivity index (χ2v) is 4.32. The van der Waals surface area contributed by atoms with E-state index in [9.17, 15) is 8.78 Å². The first-order chi connectivity index (χ1) is 9.06. The third-order valence-corrected chi connectivity index (χ3v) is 2.79. The maximum atomic E-state index is 12.0. The van der Waals surface area contributed by atoms with Crippen LogP contribution in [0.4, 0.5) is 8.78 Å². The van der Waals surface area contributed by atoms with Crippen molar-refractivity contribution in [3.63, 3.8) is 0 Å². The number of nitrogens with one attached hydrogen (secondary N) is 1. The molecule has 1 aromatic carbocycles. The van der Waals surface area contributed by atoms with Gasteiger partial charge in [0.15, 0.2) is 0 Å². The Kier molecular flexibility index (Phi) is 6.69. The van der Waals surface area contributed by atoms with Gasteiger partial charge in [0.25, 0.3) is 0 Å². The summed E-state index contributed by atoms with van der Waals surface area (Å²) in [6, 6.07) is 6.42. The molecule has 0 aromatic heterocycles. The fourth-order valence-electron chi connectivity index (χ4n) is 1.80. The number of aliphatic hydroxyl groups is 1. The van der Waals surface area contributed by atoms with Crippen LogP contribution in [0.1, 0.15) is 24.9 Å². The van der Waals surface area contributed by atoms with Gasteiger partial charge < -0.3 is 20.9 Å². The number of rotatable bonds is 8. The van der Waals surface area contributed by atoms with Crippen LogP contribution in [0.5, 0.6) is 5.75 Å². The van der Waals surface area contributed by atoms with Gasteiger partial charge in [-0.1, -0.05) is 12.1 Å². The van der Waals surface area contributed by atoms with Crippen molar-refractivity contribution in [2.75, 3.05) is 13.2 Å². The van der Waals surface area contributed by atoms with Crippen molar-refractivity contribution in [3.8, 4) is 5.75 Å². The van der Waals surface area contributed by atoms with Crippen LogP contribution >= 0.6 is 0 Å². The van der Waals surface area contributed by atoms with Gasteiger partial charge >= 0.3 is 6.61 Å². The van der Waals surface area contributed by atoms with Crippen LogP contribution in [-0.2, 0) is 0 Å². The molecule has 0 saturated carbocycles. The lowest BCUT2D eigenvalue weighted by Gasteiger charge is -2.22. The van der Waals surface area contributed by atoms with Crippen LogP contribution in [0.3, 0.4) is 0 Å². The third-order valence-electron chi connectivity index (χ3n) is 2.79. The van der Waals surface area contributed by atoms with E-state index < -0.39 is 6.61 Å². The van der Waals surface area contributed by atoms with E-state index in [0.29, 0.717) is 13.0 Å². The van der Waals surface area contributed by atoms with E-state index in [1.807, 2.05) is 6.92 Å². The summed E-state index contributed by atoms with van der Waals surface area (Å²) in [7, 11) is 0. The Hall–Kier alpha value is -1.24. The van der Waals surface area contributed by atoms with Gasteiger partial charge in [0.1, 0.15) is 5.75 Å². The van der Waals surface area contributed by atoms with Crippen molar-refractivity contribution >= 4 is 0 Å². The van der Waals surface area contributed by atoms with Crippen LogP contribution in [0.15, 0.2) is 24.3 Å². The highest BCUT2D eigenvalue weighted by Crippen LogP contribution is 2.19. The molecule has 0 fully saturated rings. The quantitative estimate of drug-likeness (QED) is 0.674. The van der Waals surface area contributed by atoms with Crippen LogP contribution in [0, 0.1) is 0 Å². The summed E-state index contributed by atoms with van der Waals surface area (Å²) in [5.74, 6) is 0.123. The van der Waals surface area contributed by atoms with Crippen LogP contribution in [0.25, 0.3) is 0 Å². The van der Waals surface area contributed by atoms with Gasteiger partial charge in [0, 0.05) is 25.2 Å². The molecule has 1 rings (SSSR count). The molecule has 108 valence electrons. The molecule has 1 aromatic rings. The van der Waals surface area contributed by atoms with Gasteiger partial charge in [-0.25, -0.2) is 0 Å². The lowest BCUT2D eigenvalue weighted by molar-refractivity contribution is -0.0498.